The molecule has 8 heteroatoms. The van der Waals surface area contributed by atoms with Crippen LogP contribution in [0.3, 0.4) is 0 Å². The Balaban J connectivity index is 1.39. The normalized spacial score (nSPS) is 25.8. The van der Waals surface area contributed by atoms with Crippen molar-refractivity contribution in [3.63, 3.8) is 0 Å². The first-order valence-corrected chi connectivity index (χ1v) is 11.1. The molecular weight excluding hydrogens is 380 g/mol. The van der Waals surface area contributed by atoms with E-state index in [1.54, 1.807) is 0 Å². The Morgan fingerprint density at radius 1 is 1.13 bits per heavy atom. The molecule has 2 aromatic rings. The minimum atomic E-state index is -0.360. The summed E-state index contributed by atoms with van der Waals surface area (Å²) < 4.78 is 1.91. The minimum absolute atomic E-state index is 0.190. The third-order valence-corrected chi connectivity index (χ3v) is 6.79. The van der Waals surface area contributed by atoms with Crippen molar-refractivity contribution in [2.75, 3.05) is 50.7 Å². The maximum Gasteiger partial charge on any atom is 0.235 e. The number of piperazine rings is 1. The third-order valence-electron chi connectivity index (χ3n) is 6.79. The predicted molar refractivity (Wildman–Crippen MR) is 115 cm³/mol. The fourth-order valence-corrected chi connectivity index (χ4v) is 5.27. The molecule has 0 radical (unpaired) electrons. The first kappa shape index (κ1) is 19.5. The number of anilines is 1. The number of rotatable bonds is 4. The Labute approximate surface area is 176 Å². The Morgan fingerprint density at radius 2 is 1.97 bits per heavy atom. The van der Waals surface area contributed by atoms with Crippen molar-refractivity contribution in [1.82, 2.24) is 25.3 Å². The van der Waals surface area contributed by atoms with Gasteiger partial charge in [0.25, 0.3) is 0 Å². The number of hydrogen-bond acceptors (Lipinski definition) is 6. The average molecular weight is 411 g/mol. The van der Waals surface area contributed by atoms with Gasteiger partial charge in [-0.2, -0.15) is 5.10 Å². The number of nitrogens with one attached hydrogen (secondary N) is 2. The van der Waals surface area contributed by atoms with E-state index in [1.807, 2.05) is 11.7 Å². The first-order valence-electron chi connectivity index (χ1n) is 11.1. The van der Waals surface area contributed by atoms with Crippen molar-refractivity contribution in [2.24, 2.45) is 13.0 Å². The molecule has 3 aliphatic rings. The fourth-order valence-electron chi connectivity index (χ4n) is 5.27. The lowest BCUT2D eigenvalue weighted by Gasteiger charge is -2.29. The molecule has 3 fully saturated rings. The van der Waals surface area contributed by atoms with Crippen LogP contribution in [0, 0.1) is 5.92 Å². The van der Waals surface area contributed by atoms with Gasteiger partial charge in [-0.25, -0.2) is 0 Å². The Hall–Kier alpha value is -2.45. The molecule has 2 N–H and O–H groups in total. The van der Waals surface area contributed by atoms with Crippen molar-refractivity contribution in [2.45, 2.75) is 25.2 Å². The lowest BCUT2D eigenvalue weighted by molar-refractivity contribution is -0.134. The minimum Gasteiger partial charge on any atom is -0.369 e. The Kier molecular flexibility index (Phi) is 5.20. The molecule has 0 saturated carbocycles. The average Bonchev–Trinajstić information content (AvgIpc) is 3.34. The van der Waals surface area contributed by atoms with Gasteiger partial charge in [0.05, 0.1) is 22.8 Å². The van der Waals surface area contributed by atoms with E-state index in [1.165, 1.54) is 18.7 Å². The van der Waals surface area contributed by atoms with E-state index in [-0.39, 0.29) is 17.7 Å². The fraction of sp³-hybridized carbons (Fsp3) is 0.591. The Bertz CT molecular complexity index is 964. The number of carbonyl (C=O) groups is 2. The number of carbonyl (C=O) groups excluding carboxylic acids is 2. The van der Waals surface area contributed by atoms with Crippen LogP contribution >= 0.6 is 0 Å². The van der Waals surface area contributed by atoms with Crippen molar-refractivity contribution >= 4 is 28.4 Å². The van der Waals surface area contributed by atoms with E-state index in [9.17, 15) is 9.59 Å². The van der Waals surface area contributed by atoms with Crippen LogP contribution in [0.1, 0.15) is 30.9 Å². The van der Waals surface area contributed by atoms with Gasteiger partial charge in [0, 0.05) is 64.7 Å². The van der Waals surface area contributed by atoms with E-state index in [0.29, 0.717) is 18.8 Å². The summed E-state index contributed by atoms with van der Waals surface area (Å²) in [5.74, 6) is -0.0967. The predicted octanol–water partition coefficient (Wildman–Crippen LogP) is 0.825. The lowest BCUT2D eigenvalue weighted by Crippen LogP contribution is -2.45. The van der Waals surface area contributed by atoms with Crippen molar-refractivity contribution < 1.29 is 9.59 Å². The second kappa shape index (κ2) is 8.00. The zero-order chi connectivity index (χ0) is 20.7. The van der Waals surface area contributed by atoms with Gasteiger partial charge in [-0.05, 0) is 24.8 Å². The molecule has 8 nitrogen and oxygen atoms in total. The van der Waals surface area contributed by atoms with Gasteiger partial charge in [-0.15, -0.1) is 0 Å². The quantitative estimate of drug-likeness (QED) is 0.727. The highest BCUT2D eigenvalue weighted by atomic mass is 16.2. The molecule has 30 heavy (non-hydrogen) atoms. The molecular formula is C22H30N6O2. The molecule has 160 valence electrons. The summed E-state index contributed by atoms with van der Waals surface area (Å²) in [6, 6.07) is 6.29. The van der Waals surface area contributed by atoms with Crippen LogP contribution < -0.4 is 15.5 Å². The molecule has 3 saturated heterocycles. The number of para-hydroxylation sites is 1. The number of fused-ring (bicyclic) bond motifs is 1. The summed E-state index contributed by atoms with van der Waals surface area (Å²) >= 11 is 0. The topological polar surface area (TPSA) is 82.5 Å². The summed E-state index contributed by atoms with van der Waals surface area (Å²) in [6.07, 6.45) is 2.10. The zero-order valence-corrected chi connectivity index (χ0v) is 17.6. The van der Waals surface area contributed by atoms with Gasteiger partial charge >= 0.3 is 0 Å². The SMILES string of the molecule is Cn1nc(C2CCC(=O)NC2=O)c2cccc(N3CC[C@H](CN4CCNCC4)C3)c21. The number of amides is 2. The van der Waals surface area contributed by atoms with Crippen LogP contribution in [0.25, 0.3) is 10.9 Å². The molecule has 2 atom stereocenters. The summed E-state index contributed by atoms with van der Waals surface area (Å²) in [5, 5.41) is 11.7. The highest BCUT2D eigenvalue weighted by Gasteiger charge is 2.33. The molecule has 1 aromatic heterocycles. The Morgan fingerprint density at radius 3 is 2.77 bits per heavy atom. The van der Waals surface area contributed by atoms with E-state index in [2.05, 4.69) is 38.6 Å². The second-order valence-corrected chi connectivity index (χ2v) is 8.84. The molecule has 0 bridgehead atoms. The monoisotopic (exact) mass is 410 g/mol. The lowest BCUT2D eigenvalue weighted by atomic mass is 9.92. The van der Waals surface area contributed by atoms with Gasteiger partial charge in [-0.1, -0.05) is 12.1 Å². The van der Waals surface area contributed by atoms with Crippen LogP contribution in [0.2, 0.25) is 0 Å². The largest absolute Gasteiger partial charge is 0.369 e. The zero-order valence-electron chi connectivity index (χ0n) is 17.6. The highest BCUT2D eigenvalue weighted by molar-refractivity contribution is 6.03. The van der Waals surface area contributed by atoms with Gasteiger partial charge in [0.1, 0.15) is 0 Å². The molecule has 0 spiro atoms. The van der Waals surface area contributed by atoms with Crippen LogP contribution in [0.4, 0.5) is 5.69 Å². The van der Waals surface area contributed by atoms with E-state index < -0.39 is 0 Å². The number of imide groups is 1. The molecule has 3 aliphatic heterocycles. The number of nitrogens with zero attached hydrogens (tertiary/aromatic N) is 4. The number of aromatic nitrogens is 2. The van der Waals surface area contributed by atoms with Crippen molar-refractivity contribution in [3.05, 3.63) is 23.9 Å². The van der Waals surface area contributed by atoms with Crippen molar-refractivity contribution in [3.8, 4) is 0 Å². The summed E-state index contributed by atoms with van der Waals surface area (Å²) in [7, 11) is 1.95. The number of piperidine rings is 1. The van der Waals surface area contributed by atoms with Gasteiger partial charge in [0.2, 0.25) is 11.8 Å². The van der Waals surface area contributed by atoms with Crippen molar-refractivity contribution in [1.29, 1.82) is 0 Å². The van der Waals surface area contributed by atoms with Gasteiger partial charge in [0.15, 0.2) is 0 Å². The molecule has 5 rings (SSSR count). The number of hydrogen-bond donors (Lipinski definition) is 2. The molecule has 2 amide bonds. The van der Waals surface area contributed by atoms with Crippen LogP contribution in [0.5, 0.6) is 0 Å². The summed E-state index contributed by atoms with van der Waals surface area (Å²) in [6.45, 7) is 7.74. The van der Waals surface area contributed by atoms with E-state index in [0.717, 1.165) is 55.9 Å². The highest BCUT2D eigenvalue weighted by Crippen LogP contribution is 2.36. The van der Waals surface area contributed by atoms with Crippen LogP contribution in [0.15, 0.2) is 18.2 Å². The van der Waals surface area contributed by atoms with Gasteiger partial charge < -0.3 is 15.1 Å². The molecule has 4 heterocycles. The second-order valence-electron chi connectivity index (χ2n) is 8.84. The number of benzene rings is 1. The van der Waals surface area contributed by atoms with Crippen LogP contribution in [-0.2, 0) is 16.6 Å². The molecule has 1 aromatic carbocycles. The summed E-state index contributed by atoms with van der Waals surface area (Å²) in [4.78, 5) is 29.0. The maximum absolute atomic E-state index is 12.4. The standard InChI is InChI=1S/C22H30N6O2/c1-26-21-16(20(25-26)17-5-6-19(29)24-22(17)30)3-2-4-18(21)28-10-7-15(14-28)13-27-11-8-23-9-12-27/h2-4,15,17,23H,5-14H2,1H3,(H,24,29,30)/t15-,17?/m1/s1. The summed E-state index contributed by atoms with van der Waals surface area (Å²) in [5.41, 5.74) is 3.07. The molecule has 1 unspecified atom stereocenters. The third kappa shape index (κ3) is 3.58. The van der Waals surface area contributed by atoms with Gasteiger partial charge in [-0.3, -0.25) is 19.6 Å². The number of aryl methyl sites for hydroxylation is 1. The van der Waals surface area contributed by atoms with Crippen LogP contribution in [-0.4, -0.2) is 72.3 Å². The smallest absolute Gasteiger partial charge is 0.235 e. The maximum atomic E-state index is 12.4. The first-order chi connectivity index (χ1) is 14.6. The van der Waals surface area contributed by atoms with E-state index in [4.69, 9.17) is 5.10 Å². The molecule has 0 aliphatic carbocycles. The van der Waals surface area contributed by atoms with E-state index >= 15 is 0 Å².